The van der Waals surface area contributed by atoms with E-state index < -0.39 is 8.32 Å². The Balaban J connectivity index is 2.42. The van der Waals surface area contributed by atoms with E-state index in [1.807, 2.05) is 13.0 Å². The van der Waals surface area contributed by atoms with Crippen molar-refractivity contribution in [2.45, 2.75) is 83.6 Å². The Kier molecular flexibility index (Phi) is 8.43. The summed E-state index contributed by atoms with van der Waals surface area (Å²) in [5, 5.41) is 9.90. The number of nitriles is 1. The molecule has 0 bridgehead atoms. The number of piperidine rings is 1. The van der Waals surface area contributed by atoms with Crippen molar-refractivity contribution >= 4 is 8.32 Å². The minimum Gasteiger partial charge on any atom is -0.541 e. The van der Waals surface area contributed by atoms with Crippen LogP contribution in [0, 0.1) is 18.3 Å². The van der Waals surface area contributed by atoms with Gasteiger partial charge in [-0.1, -0.05) is 27.2 Å². The van der Waals surface area contributed by atoms with Crippen LogP contribution >= 0.6 is 0 Å². The zero-order valence-electron chi connectivity index (χ0n) is 20.7. The molecule has 174 valence electrons. The number of nitrogens with two attached hydrogens (primary N) is 1. The van der Waals surface area contributed by atoms with Crippen LogP contribution in [0.25, 0.3) is 0 Å². The highest BCUT2D eigenvalue weighted by Crippen LogP contribution is 2.45. The second kappa shape index (κ2) is 10.2. The molecule has 0 spiro atoms. The molecule has 0 aromatic heterocycles. The van der Waals surface area contributed by atoms with Gasteiger partial charge in [-0.3, -0.25) is 4.90 Å². The van der Waals surface area contributed by atoms with Gasteiger partial charge in [-0.15, -0.1) is 0 Å². The van der Waals surface area contributed by atoms with Crippen LogP contribution in [0.15, 0.2) is 6.07 Å². The second-order valence-corrected chi connectivity index (χ2v) is 14.9. The summed E-state index contributed by atoms with van der Waals surface area (Å²) in [5.41, 5.74) is 8.45. The maximum Gasteiger partial charge on any atom is 0.250 e. The van der Waals surface area contributed by atoms with Crippen molar-refractivity contribution in [1.82, 2.24) is 4.90 Å². The van der Waals surface area contributed by atoms with Gasteiger partial charge in [0.2, 0.25) is 0 Å². The largest absolute Gasteiger partial charge is 0.541 e. The minimum absolute atomic E-state index is 0.0581. The van der Waals surface area contributed by atoms with E-state index in [0.29, 0.717) is 12.2 Å². The molecule has 1 unspecified atom stereocenters. The highest BCUT2D eigenvalue weighted by atomic mass is 28.4. The van der Waals surface area contributed by atoms with Crippen LogP contribution in [-0.4, -0.2) is 52.6 Å². The summed E-state index contributed by atoms with van der Waals surface area (Å²) in [6.45, 7) is 14.9. The lowest BCUT2D eigenvalue weighted by atomic mass is 9.95. The molecule has 0 aliphatic carbocycles. The first-order valence-corrected chi connectivity index (χ1v) is 14.2. The van der Waals surface area contributed by atoms with Gasteiger partial charge in [0.15, 0.2) is 5.75 Å². The summed E-state index contributed by atoms with van der Waals surface area (Å²) in [4.78, 5) is 2.23. The monoisotopic (exact) mass is 447 g/mol. The molecule has 1 aliphatic heterocycles. The van der Waals surface area contributed by atoms with Crippen molar-refractivity contribution in [3.8, 4) is 23.3 Å². The number of nitrogens with zero attached hydrogens (tertiary/aromatic N) is 2. The van der Waals surface area contributed by atoms with Gasteiger partial charge in [0, 0.05) is 11.6 Å². The van der Waals surface area contributed by atoms with E-state index in [1.54, 1.807) is 14.2 Å². The van der Waals surface area contributed by atoms with Crippen LogP contribution < -0.4 is 19.6 Å². The Morgan fingerprint density at radius 3 is 2.19 bits per heavy atom. The predicted molar refractivity (Wildman–Crippen MR) is 129 cm³/mol. The van der Waals surface area contributed by atoms with Crippen molar-refractivity contribution in [2.75, 3.05) is 27.3 Å². The number of methoxy groups -OCH3 is 2. The first kappa shape index (κ1) is 25.5. The Bertz CT molecular complexity index is 793. The molecule has 0 amide bonds. The van der Waals surface area contributed by atoms with Crippen molar-refractivity contribution < 1.29 is 13.9 Å². The SMILES string of the molecule is COc1c(C[C@H](N)C(C#N)N2CCCCC2)cc(O[Si](C)(C)C(C)(C)C)c(OC)c1C. The molecule has 2 atom stereocenters. The lowest BCUT2D eigenvalue weighted by molar-refractivity contribution is 0.175. The fourth-order valence-electron chi connectivity index (χ4n) is 4.02. The molecule has 0 saturated carbocycles. The number of benzene rings is 1. The topological polar surface area (TPSA) is 80.7 Å². The fraction of sp³-hybridized carbons (Fsp3) is 0.708. The van der Waals surface area contributed by atoms with Crippen molar-refractivity contribution in [2.24, 2.45) is 5.73 Å². The third-order valence-electron chi connectivity index (χ3n) is 6.86. The lowest BCUT2D eigenvalue weighted by Crippen LogP contribution is -2.50. The summed E-state index contributed by atoms with van der Waals surface area (Å²) in [6, 6.07) is 3.84. The predicted octanol–water partition coefficient (Wildman–Crippen LogP) is 4.64. The molecule has 1 saturated heterocycles. The van der Waals surface area contributed by atoms with Crippen LogP contribution in [-0.2, 0) is 6.42 Å². The third-order valence-corrected chi connectivity index (χ3v) is 11.2. The van der Waals surface area contributed by atoms with Crippen molar-refractivity contribution in [3.05, 3.63) is 17.2 Å². The summed E-state index contributed by atoms with van der Waals surface area (Å²) in [7, 11) is 1.25. The van der Waals surface area contributed by atoms with Crippen LogP contribution in [0.2, 0.25) is 18.1 Å². The van der Waals surface area contributed by atoms with Gasteiger partial charge in [-0.2, -0.15) is 5.26 Å². The van der Waals surface area contributed by atoms with Gasteiger partial charge in [0.25, 0.3) is 8.32 Å². The molecular weight excluding hydrogens is 406 g/mol. The first-order valence-electron chi connectivity index (χ1n) is 11.3. The van der Waals surface area contributed by atoms with Crippen LogP contribution in [0.5, 0.6) is 17.2 Å². The summed E-state index contributed by atoms with van der Waals surface area (Å²) >= 11 is 0. The Labute approximate surface area is 189 Å². The average molecular weight is 448 g/mol. The van der Waals surface area contributed by atoms with Gasteiger partial charge in [0.1, 0.15) is 17.5 Å². The standard InChI is InChI=1S/C24H41N3O3Si/c1-17-22(28-5)18(14-19(26)20(16-25)27-12-10-9-11-13-27)15-21(23(17)29-6)30-31(7,8)24(2,3)4/h15,19-20H,9-14,26H2,1-8H3/t19-,20?/m0/s1. The molecule has 1 heterocycles. The van der Waals surface area contributed by atoms with Crippen LogP contribution in [0.3, 0.4) is 0 Å². The zero-order valence-corrected chi connectivity index (χ0v) is 21.7. The number of ether oxygens (including phenoxy) is 2. The molecule has 6 nitrogen and oxygen atoms in total. The highest BCUT2D eigenvalue weighted by molar-refractivity contribution is 6.74. The lowest BCUT2D eigenvalue weighted by Gasteiger charge is -2.37. The second-order valence-electron chi connectivity index (χ2n) is 10.1. The van der Waals surface area contributed by atoms with E-state index in [0.717, 1.165) is 48.6 Å². The fourth-order valence-corrected chi connectivity index (χ4v) is 5.03. The zero-order chi connectivity index (χ0) is 23.4. The third kappa shape index (κ3) is 5.74. The maximum absolute atomic E-state index is 9.84. The Morgan fingerprint density at radius 1 is 1.13 bits per heavy atom. The molecule has 1 fully saturated rings. The number of hydrogen-bond acceptors (Lipinski definition) is 6. The summed E-state index contributed by atoms with van der Waals surface area (Å²) in [6.07, 6.45) is 4.01. The van der Waals surface area contributed by atoms with Gasteiger partial charge < -0.3 is 19.6 Å². The molecule has 31 heavy (non-hydrogen) atoms. The normalized spacial score (nSPS) is 17.5. The van der Waals surface area contributed by atoms with Gasteiger partial charge in [-0.25, -0.2) is 0 Å². The number of likely N-dealkylation sites (tertiary alicyclic amines) is 1. The highest BCUT2D eigenvalue weighted by Gasteiger charge is 2.40. The van der Waals surface area contributed by atoms with Gasteiger partial charge in [0.05, 0.1) is 20.3 Å². The number of rotatable bonds is 8. The quantitative estimate of drug-likeness (QED) is 0.585. The van der Waals surface area contributed by atoms with Crippen molar-refractivity contribution in [3.63, 3.8) is 0 Å². The van der Waals surface area contributed by atoms with E-state index >= 15 is 0 Å². The van der Waals surface area contributed by atoms with E-state index in [4.69, 9.17) is 19.6 Å². The van der Waals surface area contributed by atoms with E-state index in [-0.39, 0.29) is 17.1 Å². The smallest absolute Gasteiger partial charge is 0.250 e. The van der Waals surface area contributed by atoms with Gasteiger partial charge in [-0.05, 0) is 69.0 Å². The molecule has 2 N–H and O–H groups in total. The van der Waals surface area contributed by atoms with E-state index in [2.05, 4.69) is 44.8 Å². The van der Waals surface area contributed by atoms with E-state index in [1.165, 1.54) is 6.42 Å². The first-order chi connectivity index (χ1) is 14.5. The van der Waals surface area contributed by atoms with Crippen molar-refractivity contribution in [1.29, 1.82) is 5.26 Å². The maximum atomic E-state index is 9.84. The summed E-state index contributed by atoms with van der Waals surface area (Å²) in [5.74, 6) is 2.19. The molecule has 0 radical (unpaired) electrons. The molecule has 2 rings (SSSR count). The van der Waals surface area contributed by atoms with E-state index in [9.17, 15) is 5.26 Å². The molecule has 1 aromatic rings. The minimum atomic E-state index is -2.07. The Morgan fingerprint density at radius 2 is 1.71 bits per heavy atom. The molecule has 7 heteroatoms. The average Bonchev–Trinajstić information content (AvgIpc) is 2.68. The number of hydrogen-bond donors (Lipinski definition) is 1. The van der Waals surface area contributed by atoms with Crippen LogP contribution in [0.4, 0.5) is 0 Å². The molecule has 1 aromatic carbocycles. The Hall–Kier alpha value is -1.75. The molecule has 1 aliphatic rings. The van der Waals surface area contributed by atoms with Gasteiger partial charge >= 0.3 is 0 Å². The molecular formula is C24H41N3O3Si. The van der Waals surface area contributed by atoms with Crippen LogP contribution in [0.1, 0.15) is 51.2 Å². The summed E-state index contributed by atoms with van der Waals surface area (Å²) < 4.78 is 18.1.